The van der Waals surface area contributed by atoms with E-state index in [0.29, 0.717) is 5.90 Å². The molecule has 0 heterocycles. The van der Waals surface area contributed by atoms with Crippen LogP contribution in [0.1, 0.15) is 5.56 Å². The van der Waals surface area contributed by atoms with E-state index in [1.807, 2.05) is 30.3 Å². The molecule has 0 amide bonds. The van der Waals surface area contributed by atoms with Crippen LogP contribution in [0.3, 0.4) is 0 Å². The number of nitrogens with zero attached hydrogens (tertiary/aromatic N) is 1. The van der Waals surface area contributed by atoms with Gasteiger partial charge < -0.3 is 4.74 Å². The highest BCUT2D eigenvalue weighted by Gasteiger charge is 2.13. The van der Waals surface area contributed by atoms with Crippen molar-refractivity contribution in [3.63, 3.8) is 0 Å². The van der Waals surface area contributed by atoms with Crippen LogP contribution in [-0.4, -0.2) is 26.5 Å². The van der Waals surface area contributed by atoms with Crippen LogP contribution in [0.5, 0.6) is 0 Å². The lowest BCUT2D eigenvalue weighted by Crippen LogP contribution is -2.23. The second kappa shape index (κ2) is 6.11. The third kappa shape index (κ3) is 4.85. The van der Waals surface area contributed by atoms with Gasteiger partial charge in [-0.2, -0.15) is 4.40 Å². The zero-order chi connectivity index (χ0) is 12.0. The Kier molecular flexibility index (Phi) is 5.08. The molecule has 0 unspecified atom stereocenters. The molecular formula is C12H19NOSSi. The minimum atomic E-state index is -1.04. The Bertz CT molecular complexity index is 346. The Labute approximate surface area is 103 Å². The average molecular weight is 253 g/mol. The van der Waals surface area contributed by atoms with E-state index in [0.717, 1.165) is 10.9 Å². The van der Waals surface area contributed by atoms with Crippen molar-refractivity contribution in [2.45, 2.75) is 19.6 Å². The molecule has 88 valence electrons. The largest absolute Gasteiger partial charge is 0.480 e. The van der Waals surface area contributed by atoms with Gasteiger partial charge in [0.05, 0.1) is 15.2 Å². The summed E-state index contributed by atoms with van der Waals surface area (Å²) in [5.74, 6) is 0.712. The molecule has 2 nitrogen and oxygen atoms in total. The average Bonchev–Trinajstić information content (AvgIpc) is 2.24. The molecule has 0 aromatic heterocycles. The molecule has 0 fully saturated rings. The lowest BCUT2D eigenvalue weighted by atomic mass is 10.2. The second-order valence-corrected chi connectivity index (χ2v) is 11.5. The van der Waals surface area contributed by atoms with E-state index in [4.69, 9.17) is 4.74 Å². The lowest BCUT2D eigenvalue weighted by molar-refractivity contribution is 0.406. The predicted molar refractivity (Wildman–Crippen MR) is 75.8 cm³/mol. The maximum atomic E-state index is 5.30. The van der Waals surface area contributed by atoms with Crippen LogP contribution in [0, 0.1) is 0 Å². The monoisotopic (exact) mass is 253 g/mol. The van der Waals surface area contributed by atoms with Crippen LogP contribution in [0.15, 0.2) is 34.7 Å². The topological polar surface area (TPSA) is 21.6 Å². The molecule has 0 spiro atoms. The minimum absolute atomic E-state index is 0.712. The maximum absolute atomic E-state index is 5.30. The van der Waals surface area contributed by atoms with Gasteiger partial charge >= 0.3 is 0 Å². The number of rotatable bonds is 4. The van der Waals surface area contributed by atoms with Gasteiger partial charge in [0, 0.05) is 10.9 Å². The molecule has 0 atom stereocenters. The molecule has 1 aromatic carbocycles. The van der Waals surface area contributed by atoms with E-state index in [1.165, 1.54) is 0 Å². The molecule has 4 heteroatoms. The van der Waals surface area contributed by atoms with E-state index in [2.05, 4.69) is 24.0 Å². The number of benzene rings is 1. The highest BCUT2D eigenvalue weighted by atomic mass is 32.2. The number of hydrogen-bond acceptors (Lipinski definition) is 3. The van der Waals surface area contributed by atoms with Gasteiger partial charge in [-0.3, -0.25) is 0 Å². The first-order valence-electron chi connectivity index (χ1n) is 5.32. The fourth-order valence-electron chi connectivity index (χ4n) is 1.07. The second-order valence-electron chi connectivity index (χ2n) is 4.80. The third-order valence-electron chi connectivity index (χ3n) is 1.86. The molecule has 0 N–H and O–H groups in total. The molecule has 1 rings (SSSR count). The normalized spacial score (nSPS) is 12.6. The van der Waals surface area contributed by atoms with Crippen molar-refractivity contribution in [2.75, 3.05) is 12.5 Å². The Balaban J connectivity index is 2.65. The molecule has 1 aromatic rings. The Morgan fingerprint density at radius 3 is 2.38 bits per heavy atom. The predicted octanol–water partition coefficient (Wildman–Crippen LogP) is 3.61. The highest BCUT2D eigenvalue weighted by Crippen LogP contribution is 2.14. The van der Waals surface area contributed by atoms with E-state index in [9.17, 15) is 0 Å². The summed E-state index contributed by atoms with van der Waals surface area (Å²) in [6.45, 7) is 7.01. The summed E-state index contributed by atoms with van der Waals surface area (Å²) >= 11 is 1.61. The van der Waals surface area contributed by atoms with Gasteiger partial charge in [0.15, 0.2) is 0 Å². The van der Waals surface area contributed by atoms with Crippen molar-refractivity contribution in [3.05, 3.63) is 35.9 Å². The van der Waals surface area contributed by atoms with Gasteiger partial charge in [-0.05, 0) is 24.1 Å². The quantitative estimate of drug-likeness (QED) is 0.354. The molecule has 0 saturated heterocycles. The fraction of sp³-hybridized carbons (Fsp3) is 0.417. The Hall–Kier alpha value is -0.743. The fourth-order valence-corrected chi connectivity index (χ4v) is 3.18. The molecule has 0 radical (unpaired) electrons. The summed E-state index contributed by atoms with van der Waals surface area (Å²) in [6.07, 6.45) is 0. The van der Waals surface area contributed by atoms with Crippen LogP contribution < -0.4 is 0 Å². The molecule has 0 aliphatic heterocycles. The first-order valence-corrected chi connectivity index (χ1v) is 9.97. The van der Waals surface area contributed by atoms with Crippen LogP contribution in [0.2, 0.25) is 19.6 Å². The van der Waals surface area contributed by atoms with Gasteiger partial charge in [-0.15, -0.1) is 0 Å². The number of methoxy groups -OCH3 is 1. The van der Waals surface area contributed by atoms with Crippen LogP contribution in [0.25, 0.3) is 0 Å². The third-order valence-corrected chi connectivity index (χ3v) is 6.13. The first kappa shape index (κ1) is 13.3. The molecule has 0 aliphatic carbocycles. The van der Waals surface area contributed by atoms with Crippen LogP contribution in [-0.2, 0) is 4.74 Å². The SMILES string of the molecule is COC(=NSC[Si](C)(C)C)c1ccccc1. The van der Waals surface area contributed by atoms with Gasteiger partial charge in [-0.1, -0.05) is 37.8 Å². The molecular weight excluding hydrogens is 234 g/mol. The van der Waals surface area contributed by atoms with E-state index in [1.54, 1.807) is 19.1 Å². The molecule has 0 aliphatic rings. The van der Waals surface area contributed by atoms with Crippen molar-refractivity contribution in [3.8, 4) is 0 Å². The van der Waals surface area contributed by atoms with Crippen molar-refractivity contribution in [1.29, 1.82) is 0 Å². The number of hydrogen-bond donors (Lipinski definition) is 0. The zero-order valence-electron chi connectivity index (χ0n) is 10.4. The summed E-state index contributed by atoms with van der Waals surface area (Å²) in [5.41, 5.74) is 1.04. The summed E-state index contributed by atoms with van der Waals surface area (Å²) in [4.78, 5) is 0. The standard InChI is InChI=1S/C12H19NOSSi/c1-14-12(11-8-6-5-7-9-11)13-15-10-16(2,3)4/h5-9H,10H2,1-4H3. The van der Waals surface area contributed by atoms with Crippen LogP contribution >= 0.6 is 11.9 Å². The molecule has 0 bridgehead atoms. The summed E-state index contributed by atoms with van der Waals surface area (Å²) in [7, 11) is 0.630. The summed E-state index contributed by atoms with van der Waals surface area (Å²) < 4.78 is 9.74. The zero-order valence-corrected chi connectivity index (χ0v) is 12.2. The van der Waals surface area contributed by atoms with E-state index < -0.39 is 8.07 Å². The first-order chi connectivity index (χ1) is 7.53. The summed E-state index contributed by atoms with van der Waals surface area (Å²) in [5, 5.41) is 1.12. The van der Waals surface area contributed by atoms with Crippen molar-refractivity contribution < 1.29 is 4.74 Å². The minimum Gasteiger partial charge on any atom is -0.480 e. The van der Waals surface area contributed by atoms with Crippen molar-refractivity contribution in [2.24, 2.45) is 4.40 Å². The van der Waals surface area contributed by atoms with Crippen molar-refractivity contribution in [1.82, 2.24) is 0 Å². The molecule has 16 heavy (non-hydrogen) atoms. The van der Waals surface area contributed by atoms with E-state index in [-0.39, 0.29) is 0 Å². The van der Waals surface area contributed by atoms with Gasteiger partial charge in [0.25, 0.3) is 0 Å². The van der Waals surface area contributed by atoms with Crippen LogP contribution in [0.4, 0.5) is 0 Å². The van der Waals surface area contributed by atoms with Gasteiger partial charge in [-0.25, -0.2) is 0 Å². The Morgan fingerprint density at radius 2 is 1.88 bits per heavy atom. The molecule has 0 saturated carbocycles. The van der Waals surface area contributed by atoms with Gasteiger partial charge in [0.1, 0.15) is 0 Å². The lowest BCUT2D eigenvalue weighted by Gasteiger charge is -2.12. The smallest absolute Gasteiger partial charge is 0.227 e. The van der Waals surface area contributed by atoms with Gasteiger partial charge in [0.2, 0.25) is 5.90 Å². The summed E-state index contributed by atoms with van der Waals surface area (Å²) in [6, 6.07) is 10.0. The highest BCUT2D eigenvalue weighted by molar-refractivity contribution is 7.99. The Morgan fingerprint density at radius 1 is 1.25 bits per heavy atom. The maximum Gasteiger partial charge on any atom is 0.227 e. The van der Waals surface area contributed by atoms with Crippen molar-refractivity contribution >= 4 is 25.9 Å². The number of ether oxygens (including phenoxy) is 1. The van der Waals surface area contributed by atoms with E-state index >= 15 is 0 Å².